The van der Waals surface area contributed by atoms with E-state index < -0.39 is 0 Å². The van der Waals surface area contributed by atoms with Gasteiger partial charge in [0, 0.05) is 66.4 Å². The molecular formula is C27H30N4OS. The summed E-state index contributed by atoms with van der Waals surface area (Å²) in [5.74, 6) is 6.33. The predicted molar refractivity (Wildman–Crippen MR) is 135 cm³/mol. The van der Waals surface area contributed by atoms with Crippen LogP contribution in [0.2, 0.25) is 0 Å². The molecule has 0 unspecified atom stereocenters. The third kappa shape index (κ3) is 4.21. The van der Waals surface area contributed by atoms with E-state index in [1.807, 2.05) is 13.8 Å². The lowest BCUT2D eigenvalue weighted by Crippen LogP contribution is -2.47. The van der Waals surface area contributed by atoms with Gasteiger partial charge in [0.25, 0.3) is 0 Å². The fourth-order valence-electron chi connectivity index (χ4n) is 5.00. The first-order valence-corrected chi connectivity index (χ1v) is 12.9. The molecule has 0 amide bonds. The largest absolute Gasteiger partial charge is 0.369 e. The van der Waals surface area contributed by atoms with Crippen LogP contribution in [0.5, 0.6) is 0 Å². The molecule has 5 nitrogen and oxygen atoms in total. The van der Waals surface area contributed by atoms with E-state index >= 15 is 0 Å². The number of benzene rings is 1. The van der Waals surface area contributed by atoms with Gasteiger partial charge < -0.3 is 9.64 Å². The maximum absolute atomic E-state index is 5.52. The number of hydrogen-bond donors (Lipinski definition) is 1. The Labute approximate surface area is 199 Å². The molecule has 0 spiro atoms. The molecule has 1 N–H and O–H groups in total. The van der Waals surface area contributed by atoms with Crippen LogP contribution in [0.25, 0.3) is 22.5 Å². The molecule has 2 fully saturated rings. The van der Waals surface area contributed by atoms with Crippen molar-refractivity contribution in [2.75, 3.05) is 37.7 Å². The van der Waals surface area contributed by atoms with Crippen LogP contribution in [-0.2, 0) is 11.2 Å². The lowest BCUT2D eigenvalue weighted by Gasteiger charge is -2.36. The lowest BCUT2D eigenvalue weighted by atomic mass is 10.1. The number of nitrogens with zero attached hydrogens (tertiary/aromatic N) is 3. The van der Waals surface area contributed by atoms with Crippen molar-refractivity contribution in [3.63, 3.8) is 0 Å². The van der Waals surface area contributed by atoms with Crippen LogP contribution in [0.15, 0.2) is 29.6 Å². The van der Waals surface area contributed by atoms with Gasteiger partial charge in [0.1, 0.15) is 6.61 Å². The summed E-state index contributed by atoms with van der Waals surface area (Å²) in [6, 6.07) is 10.0. The van der Waals surface area contributed by atoms with E-state index in [1.165, 1.54) is 54.0 Å². The van der Waals surface area contributed by atoms with Crippen LogP contribution in [0.1, 0.15) is 42.7 Å². The molecule has 0 atom stereocenters. The molecule has 1 saturated heterocycles. The number of anilines is 1. The molecule has 2 aliphatic carbocycles. The van der Waals surface area contributed by atoms with Gasteiger partial charge in [0.15, 0.2) is 0 Å². The van der Waals surface area contributed by atoms with Crippen LogP contribution in [0.3, 0.4) is 0 Å². The van der Waals surface area contributed by atoms with Gasteiger partial charge >= 0.3 is 0 Å². The number of H-pyrrole nitrogens is 1. The van der Waals surface area contributed by atoms with Crippen molar-refractivity contribution in [3.8, 4) is 34.4 Å². The summed E-state index contributed by atoms with van der Waals surface area (Å²) in [6.07, 6.45) is 3.94. The van der Waals surface area contributed by atoms with E-state index in [0.29, 0.717) is 6.61 Å². The van der Waals surface area contributed by atoms with Gasteiger partial charge in [-0.3, -0.25) is 10.00 Å². The van der Waals surface area contributed by atoms with Crippen molar-refractivity contribution in [1.82, 2.24) is 15.1 Å². The zero-order valence-electron chi connectivity index (χ0n) is 19.4. The number of hydrogen-bond acceptors (Lipinski definition) is 5. The zero-order valence-corrected chi connectivity index (χ0v) is 20.2. The minimum atomic E-state index is 0.208. The van der Waals surface area contributed by atoms with Crippen LogP contribution >= 0.6 is 11.3 Å². The third-order valence-electron chi connectivity index (χ3n) is 6.91. The fraction of sp³-hybridized carbons (Fsp3) is 0.444. The summed E-state index contributed by atoms with van der Waals surface area (Å²) >= 11 is 1.67. The minimum absolute atomic E-state index is 0.208. The molecular weight excluding hydrogens is 428 g/mol. The molecule has 170 valence electrons. The number of fused-ring (bicyclic) bond motifs is 3. The molecule has 2 aromatic heterocycles. The molecule has 0 bridgehead atoms. The van der Waals surface area contributed by atoms with Gasteiger partial charge in [0.2, 0.25) is 0 Å². The molecule has 33 heavy (non-hydrogen) atoms. The molecule has 3 heterocycles. The van der Waals surface area contributed by atoms with Gasteiger partial charge in [-0.25, -0.2) is 0 Å². The van der Waals surface area contributed by atoms with Crippen molar-refractivity contribution in [3.05, 3.63) is 45.6 Å². The third-order valence-corrected chi connectivity index (χ3v) is 7.75. The summed E-state index contributed by atoms with van der Waals surface area (Å²) in [5.41, 5.74) is 8.75. The van der Waals surface area contributed by atoms with Crippen molar-refractivity contribution in [2.45, 2.75) is 45.3 Å². The van der Waals surface area contributed by atoms with Gasteiger partial charge in [-0.1, -0.05) is 17.9 Å². The van der Waals surface area contributed by atoms with Crippen LogP contribution < -0.4 is 4.90 Å². The van der Waals surface area contributed by atoms with Crippen molar-refractivity contribution >= 4 is 17.0 Å². The summed E-state index contributed by atoms with van der Waals surface area (Å²) in [7, 11) is 0. The van der Waals surface area contributed by atoms with Crippen molar-refractivity contribution in [1.29, 1.82) is 0 Å². The number of piperazine rings is 1. The zero-order chi connectivity index (χ0) is 22.4. The average Bonchev–Trinajstić information content (AvgIpc) is 3.27. The summed E-state index contributed by atoms with van der Waals surface area (Å²) in [6.45, 7) is 9.18. The lowest BCUT2D eigenvalue weighted by molar-refractivity contribution is 0.107. The first-order chi connectivity index (χ1) is 16.2. The Kier molecular flexibility index (Phi) is 5.49. The van der Waals surface area contributed by atoms with E-state index in [2.05, 4.69) is 61.5 Å². The first kappa shape index (κ1) is 21.0. The summed E-state index contributed by atoms with van der Waals surface area (Å²) in [5, 5.41) is 10.2. The van der Waals surface area contributed by atoms with E-state index in [-0.39, 0.29) is 6.10 Å². The summed E-state index contributed by atoms with van der Waals surface area (Å²) in [4.78, 5) is 6.28. The van der Waals surface area contributed by atoms with Gasteiger partial charge in [-0.2, -0.15) is 5.10 Å². The maximum atomic E-state index is 5.52. The highest BCUT2D eigenvalue weighted by atomic mass is 32.1. The van der Waals surface area contributed by atoms with Crippen molar-refractivity contribution < 1.29 is 4.74 Å². The fourth-order valence-corrected chi connectivity index (χ4v) is 5.76. The quantitative estimate of drug-likeness (QED) is 0.438. The smallest absolute Gasteiger partial charge is 0.108 e. The second-order valence-corrected chi connectivity index (χ2v) is 10.5. The Morgan fingerprint density at radius 1 is 1.18 bits per heavy atom. The van der Waals surface area contributed by atoms with Crippen LogP contribution in [-0.4, -0.2) is 60.0 Å². The Morgan fingerprint density at radius 3 is 2.82 bits per heavy atom. The van der Waals surface area contributed by atoms with Gasteiger partial charge in [0.05, 0.1) is 22.4 Å². The highest BCUT2D eigenvalue weighted by Gasteiger charge is 2.32. The van der Waals surface area contributed by atoms with E-state index in [1.54, 1.807) is 11.3 Å². The molecule has 1 aromatic carbocycles. The molecule has 6 heteroatoms. The number of aromatic nitrogens is 2. The molecule has 3 aliphatic rings. The van der Waals surface area contributed by atoms with Gasteiger partial charge in [-0.05, 0) is 50.5 Å². The number of nitrogens with one attached hydrogen (secondary N) is 1. The highest BCUT2D eigenvalue weighted by molar-refractivity contribution is 7.11. The molecule has 6 rings (SSSR count). The standard InChI is InChI=1S/C27H30N4OS/c1-18(2)32-13-3-4-23-15-20(17-33-23)26-25-16-19-14-22(7-8-24(19)27(25)29-28-26)31-11-9-30(10-12-31)21-5-6-21/h7-8,14-15,17-18,21H,5-6,9-13,16H2,1-2H3,(H,28,29). The molecule has 1 aliphatic heterocycles. The number of aromatic amines is 1. The average molecular weight is 459 g/mol. The molecule has 0 radical (unpaired) electrons. The van der Waals surface area contributed by atoms with Gasteiger partial charge in [-0.15, -0.1) is 11.3 Å². The molecule has 1 saturated carbocycles. The Balaban J connectivity index is 1.17. The molecule has 3 aromatic rings. The Bertz CT molecular complexity index is 1220. The monoisotopic (exact) mass is 458 g/mol. The first-order valence-electron chi connectivity index (χ1n) is 12.0. The number of thiophene rings is 1. The normalized spacial score (nSPS) is 17.7. The number of ether oxygens (including phenoxy) is 1. The highest BCUT2D eigenvalue weighted by Crippen LogP contribution is 2.42. The van der Waals surface area contributed by atoms with E-state index in [4.69, 9.17) is 4.74 Å². The van der Waals surface area contributed by atoms with Crippen molar-refractivity contribution in [2.24, 2.45) is 0 Å². The number of rotatable bonds is 5. The van der Waals surface area contributed by atoms with Crippen LogP contribution in [0.4, 0.5) is 5.69 Å². The topological polar surface area (TPSA) is 44.4 Å². The van der Waals surface area contributed by atoms with E-state index in [0.717, 1.165) is 41.7 Å². The Morgan fingerprint density at radius 2 is 2.03 bits per heavy atom. The minimum Gasteiger partial charge on any atom is -0.369 e. The summed E-state index contributed by atoms with van der Waals surface area (Å²) < 4.78 is 5.52. The second kappa shape index (κ2) is 8.64. The predicted octanol–water partition coefficient (Wildman–Crippen LogP) is 4.77. The Hall–Kier alpha value is -2.59. The van der Waals surface area contributed by atoms with Crippen LogP contribution in [0, 0.1) is 11.8 Å². The SMILES string of the molecule is CC(C)OCC#Cc1cc(-c2n[nH]c3c2Cc2cc(N4CCN(C5CC5)CC4)ccc2-3)cs1. The van der Waals surface area contributed by atoms with E-state index in [9.17, 15) is 0 Å². The maximum Gasteiger partial charge on any atom is 0.108 e. The second-order valence-electron chi connectivity index (χ2n) is 9.56.